The van der Waals surface area contributed by atoms with Crippen LogP contribution in [0.15, 0.2) is 23.4 Å². The number of hydrogen-bond donors (Lipinski definition) is 0. The first kappa shape index (κ1) is 15.0. The fourth-order valence-corrected chi connectivity index (χ4v) is 3.51. The molecule has 0 spiro atoms. The van der Waals surface area contributed by atoms with Crippen molar-refractivity contribution in [3.63, 3.8) is 0 Å². The molecule has 1 aromatic heterocycles. The standard InChI is InChI=1S/C15H19N5OS/c1-11-6-5-7-12(2)14(11)20-15(16-17-18-20)22-10-13(21)19-8-3-4-9-19/h5-7H,3-4,8-10H2,1-2H3. The molecule has 22 heavy (non-hydrogen) atoms. The smallest absolute Gasteiger partial charge is 0.233 e. The number of likely N-dealkylation sites (tertiary alicyclic amines) is 1. The molecule has 1 aliphatic heterocycles. The van der Waals surface area contributed by atoms with Crippen molar-refractivity contribution >= 4 is 17.7 Å². The van der Waals surface area contributed by atoms with E-state index in [-0.39, 0.29) is 5.91 Å². The first-order valence-corrected chi connectivity index (χ1v) is 8.41. The van der Waals surface area contributed by atoms with Gasteiger partial charge < -0.3 is 4.90 Å². The van der Waals surface area contributed by atoms with Gasteiger partial charge >= 0.3 is 0 Å². The number of amides is 1. The third kappa shape index (κ3) is 2.99. The number of hydrogen-bond acceptors (Lipinski definition) is 5. The van der Waals surface area contributed by atoms with Gasteiger partial charge in [0.1, 0.15) is 0 Å². The van der Waals surface area contributed by atoms with Crippen molar-refractivity contribution in [3.05, 3.63) is 29.3 Å². The highest BCUT2D eigenvalue weighted by atomic mass is 32.2. The minimum absolute atomic E-state index is 0.165. The number of para-hydroxylation sites is 1. The number of aromatic nitrogens is 4. The number of benzene rings is 1. The van der Waals surface area contributed by atoms with E-state index in [1.165, 1.54) is 11.8 Å². The number of aryl methyl sites for hydroxylation is 2. The molecule has 3 rings (SSSR count). The van der Waals surface area contributed by atoms with E-state index in [1.54, 1.807) is 4.68 Å². The Labute approximate surface area is 133 Å². The first-order chi connectivity index (χ1) is 10.7. The molecule has 1 aromatic carbocycles. The topological polar surface area (TPSA) is 63.9 Å². The first-order valence-electron chi connectivity index (χ1n) is 7.42. The minimum Gasteiger partial charge on any atom is -0.342 e. The van der Waals surface area contributed by atoms with Gasteiger partial charge in [-0.05, 0) is 48.2 Å². The maximum atomic E-state index is 12.1. The van der Waals surface area contributed by atoms with E-state index in [1.807, 2.05) is 36.9 Å². The minimum atomic E-state index is 0.165. The Balaban J connectivity index is 1.76. The van der Waals surface area contributed by atoms with Crippen LogP contribution in [-0.2, 0) is 4.79 Å². The van der Waals surface area contributed by atoms with Crippen molar-refractivity contribution in [1.82, 2.24) is 25.1 Å². The maximum absolute atomic E-state index is 12.1. The summed E-state index contributed by atoms with van der Waals surface area (Å²) >= 11 is 1.40. The molecule has 0 unspecified atom stereocenters. The van der Waals surface area contributed by atoms with Crippen LogP contribution in [0.2, 0.25) is 0 Å². The Kier molecular flexibility index (Phi) is 4.42. The predicted octanol–water partition coefficient (Wildman–Crippen LogP) is 1.99. The fourth-order valence-electron chi connectivity index (χ4n) is 2.73. The number of carbonyl (C=O) groups excluding carboxylic acids is 1. The quantitative estimate of drug-likeness (QED) is 0.807. The molecule has 0 aliphatic carbocycles. The van der Waals surface area contributed by atoms with Gasteiger partial charge in [-0.3, -0.25) is 4.79 Å². The molecule has 0 saturated carbocycles. The van der Waals surface area contributed by atoms with Crippen molar-refractivity contribution in [1.29, 1.82) is 0 Å². The second-order valence-electron chi connectivity index (χ2n) is 5.49. The number of thioether (sulfide) groups is 1. The molecule has 1 aliphatic rings. The van der Waals surface area contributed by atoms with Gasteiger partial charge in [0.05, 0.1) is 11.4 Å². The van der Waals surface area contributed by atoms with Gasteiger partial charge in [0.15, 0.2) is 0 Å². The monoisotopic (exact) mass is 317 g/mol. The molecule has 2 aromatic rings. The average Bonchev–Trinajstić information content (AvgIpc) is 3.16. The van der Waals surface area contributed by atoms with Crippen molar-refractivity contribution in [2.45, 2.75) is 31.8 Å². The van der Waals surface area contributed by atoms with Crippen molar-refractivity contribution in [2.75, 3.05) is 18.8 Å². The second-order valence-corrected chi connectivity index (χ2v) is 6.43. The molecule has 1 saturated heterocycles. The molecule has 7 heteroatoms. The Hall–Kier alpha value is -1.89. The number of rotatable bonds is 4. The molecule has 0 N–H and O–H groups in total. The van der Waals surface area contributed by atoms with E-state index in [9.17, 15) is 4.79 Å². The molecule has 6 nitrogen and oxygen atoms in total. The highest BCUT2D eigenvalue weighted by molar-refractivity contribution is 7.99. The van der Waals surface area contributed by atoms with Gasteiger partial charge in [0, 0.05) is 13.1 Å². The Bertz CT molecular complexity index is 658. The summed E-state index contributed by atoms with van der Waals surface area (Å²) in [5.74, 6) is 0.546. The second kappa shape index (κ2) is 6.48. The zero-order valence-electron chi connectivity index (χ0n) is 12.8. The van der Waals surface area contributed by atoms with Crippen LogP contribution < -0.4 is 0 Å². The van der Waals surface area contributed by atoms with Crippen LogP contribution >= 0.6 is 11.8 Å². The van der Waals surface area contributed by atoms with E-state index in [2.05, 4.69) is 15.5 Å². The van der Waals surface area contributed by atoms with Gasteiger partial charge in [-0.25, -0.2) is 0 Å². The number of nitrogens with zero attached hydrogens (tertiary/aromatic N) is 5. The highest BCUT2D eigenvalue weighted by Gasteiger charge is 2.20. The molecule has 116 valence electrons. The van der Waals surface area contributed by atoms with E-state index >= 15 is 0 Å². The van der Waals surface area contributed by atoms with E-state index in [0.29, 0.717) is 10.9 Å². The summed E-state index contributed by atoms with van der Waals surface area (Å²) in [5.41, 5.74) is 3.21. The SMILES string of the molecule is Cc1cccc(C)c1-n1nnnc1SCC(=O)N1CCCC1. The molecule has 0 bridgehead atoms. The Morgan fingerprint density at radius 1 is 1.23 bits per heavy atom. The zero-order valence-corrected chi connectivity index (χ0v) is 13.6. The van der Waals surface area contributed by atoms with E-state index in [4.69, 9.17) is 0 Å². The predicted molar refractivity (Wildman–Crippen MR) is 85.2 cm³/mol. The third-order valence-electron chi connectivity index (χ3n) is 3.88. The van der Waals surface area contributed by atoms with Crippen LogP contribution in [0, 0.1) is 13.8 Å². The average molecular weight is 317 g/mol. The molecule has 2 heterocycles. The fraction of sp³-hybridized carbons (Fsp3) is 0.467. The highest BCUT2D eigenvalue weighted by Crippen LogP contribution is 2.24. The molecule has 1 amide bonds. The zero-order chi connectivity index (χ0) is 15.5. The van der Waals surface area contributed by atoms with Crippen LogP contribution in [0.1, 0.15) is 24.0 Å². The molecular weight excluding hydrogens is 298 g/mol. The van der Waals surface area contributed by atoms with Crippen molar-refractivity contribution in [3.8, 4) is 5.69 Å². The Morgan fingerprint density at radius 2 is 1.91 bits per heavy atom. The maximum Gasteiger partial charge on any atom is 0.233 e. The van der Waals surface area contributed by atoms with Crippen molar-refractivity contribution < 1.29 is 4.79 Å². The van der Waals surface area contributed by atoms with Crippen molar-refractivity contribution in [2.24, 2.45) is 0 Å². The molecule has 0 radical (unpaired) electrons. The van der Waals surface area contributed by atoms with Crippen LogP contribution in [0.5, 0.6) is 0 Å². The third-order valence-corrected chi connectivity index (χ3v) is 4.78. The van der Waals surface area contributed by atoms with Crippen LogP contribution in [0.4, 0.5) is 0 Å². The van der Waals surface area contributed by atoms with E-state index < -0.39 is 0 Å². The lowest BCUT2D eigenvalue weighted by Crippen LogP contribution is -2.29. The number of carbonyl (C=O) groups is 1. The summed E-state index contributed by atoms with van der Waals surface area (Å²) in [6.45, 7) is 5.82. The summed E-state index contributed by atoms with van der Waals surface area (Å²) < 4.78 is 1.73. The lowest BCUT2D eigenvalue weighted by Gasteiger charge is -2.15. The number of tetrazole rings is 1. The summed E-state index contributed by atoms with van der Waals surface area (Å²) in [4.78, 5) is 14.1. The van der Waals surface area contributed by atoms with Gasteiger partial charge in [0.25, 0.3) is 0 Å². The molecule has 1 fully saturated rings. The van der Waals surface area contributed by atoms with Gasteiger partial charge in [-0.1, -0.05) is 30.0 Å². The van der Waals surface area contributed by atoms with Crippen LogP contribution in [0.25, 0.3) is 5.69 Å². The van der Waals surface area contributed by atoms with Gasteiger partial charge in [-0.2, -0.15) is 4.68 Å². The van der Waals surface area contributed by atoms with Gasteiger partial charge in [-0.15, -0.1) is 5.10 Å². The van der Waals surface area contributed by atoms with Crippen LogP contribution in [-0.4, -0.2) is 49.9 Å². The summed E-state index contributed by atoms with van der Waals surface area (Å²) in [6, 6.07) is 6.09. The summed E-state index contributed by atoms with van der Waals surface area (Å²) in [7, 11) is 0. The summed E-state index contributed by atoms with van der Waals surface area (Å²) in [6.07, 6.45) is 2.22. The van der Waals surface area contributed by atoms with Gasteiger partial charge in [0.2, 0.25) is 11.1 Å². The molecule has 0 atom stereocenters. The summed E-state index contributed by atoms with van der Waals surface area (Å²) in [5, 5.41) is 12.6. The van der Waals surface area contributed by atoms with Crippen LogP contribution in [0.3, 0.4) is 0 Å². The lowest BCUT2D eigenvalue weighted by molar-refractivity contribution is -0.127. The largest absolute Gasteiger partial charge is 0.342 e. The Morgan fingerprint density at radius 3 is 2.59 bits per heavy atom. The van der Waals surface area contributed by atoms with E-state index in [0.717, 1.165) is 42.7 Å². The molecular formula is C15H19N5OS. The lowest BCUT2D eigenvalue weighted by atomic mass is 10.1. The normalized spacial score (nSPS) is 14.5.